The molecule has 0 N–H and O–H groups in total. The number of aryl methyl sites for hydroxylation is 1. The molecule has 3 rings (SSSR count). The Morgan fingerprint density at radius 1 is 1.21 bits per heavy atom. The highest BCUT2D eigenvalue weighted by Crippen LogP contribution is 2.44. The summed E-state index contributed by atoms with van der Waals surface area (Å²) in [5.74, 6) is -0.298. The molecule has 0 radical (unpaired) electrons. The van der Waals surface area contributed by atoms with Crippen molar-refractivity contribution in [2.45, 2.75) is 51.9 Å². The molecule has 2 atom stereocenters. The standard InChI is InChI=1S/C23H26F3NO/c1-7-15-10-18(24)20(19(25)11-15)21-22-17(16(8-2)14(4)28-22)9-13(3)27(21)12-23(5,6)26/h7-8,10-11,13,21H,1-2,9,12H2,3-6H3. The lowest BCUT2D eigenvalue weighted by atomic mass is 9.86. The van der Waals surface area contributed by atoms with Crippen LogP contribution in [-0.4, -0.2) is 23.2 Å². The number of hydrogen-bond acceptors (Lipinski definition) is 2. The summed E-state index contributed by atoms with van der Waals surface area (Å²) in [6.07, 6.45) is 3.68. The van der Waals surface area contributed by atoms with Crippen molar-refractivity contribution in [3.63, 3.8) is 0 Å². The minimum absolute atomic E-state index is 0.0174. The molecule has 2 nitrogen and oxygen atoms in total. The van der Waals surface area contributed by atoms with E-state index < -0.39 is 23.3 Å². The van der Waals surface area contributed by atoms with E-state index in [4.69, 9.17) is 4.42 Å². The summed E-state index contributed by atoms with van der Waals surface area (Å²) < 4.78 is 50.6. The number of rotatable bonds is 5. The molecule has 1 aromatic carbocycles. The molecule has 0 saturated heterocycles. The molecule has 1 aliphatic heterocycles. The molecule has 0 amide bonds. The second-order valence-electron chi connectivity index (χ2n) is 8.07. The molecule has 1 aromatic heterocycles. The fraction of sp³-hybridized carbons (Fsp3) is 0.391. The second kappa shape index (κ2) is 7.28. The van der Waals surface area contributed by atoms with E-state index in [1.54, 1.807) is 17.9 Å². The fourth-order valence-corrected chi connectivity index (χ4v) is 4.10. The number of hydrogen-bond donors (Lipinski definition) is 0. The van der Waals surface area contributed by atoms with Gasteiger partial charge >= 0.3 is 0 Å². The molecule has 0 saturated carbocycles. The zero-order chi connectivity index (χ0) is 20.8. The maximum Gasteiger partial charge on any atom is 0.131 e. The van der Waals surface area contributed by atoms with Gasteiger partial charge < -0.3 is 4.42 Å². The van der Waals surface area contributed by atoms with Crippen molar-refractivity contribution in [3.05, 3.63) is 70.7 Å². The predicted octanol–water partition coefficient (Wildman–Crippen LogP) is 6.24. The molecule has 5 heteroatoms. The van der Waals surface area contributed by atoms with Crippen LogP contribution in [0, 0.1) is 18.6 Å². The van der Waals surface area contributed by atoms with Crippen molar-refractivity contribution >= 4 is 12.2 Å². The van der Waals surface area contributed by atoms with Gasteiger partial charge in [0.1, 0.15) is 34.9 Å². The highest BCUT2D eigenvalue weighted by Gasteiger charge is 2.42. The molecular weight excluding hydrogens is 363 g/mol. The van der Waals surface area contributed by atoms with Crippen LogP contribution in [0.15, 0.2) is 29.7 Å². The summed E-state index contributed by atoms with van der Waals surface area (Å²) >= 11 is 0. The van der Waals surface area contributed by atoms with Crippen LogP contribution in [0.2, 0.25) is 0 Å². The van der Waals surface area contributed by atoms with Gasteiger partial charge in [-0.25, -0.2) is 13.2 Å². The van der Waals surface area contributed by atoms with Crippen LogP contribution in [0.25, 0.3) is 12.2 Å². The van der Waals surface area contributed by atoms with E-state index >= 15 is 8.78 Å². The van der Waals surface area contributed by atoms with E-state index in [0.717, 1.165) is 11.1 Å². The molecule has 0 aliphatic carbocycles. The number of furan rings is 1. The van der Waals surface area contributed by atoms with Crippen LogP contribution in [-0.2, 0) is 6.42 Å². The first-order valence-electron chi connectivity index (χ1n) is 9.38. The molecule has 0 spiro atoms. The largest absolute Gasteiger partial charge is 0.463 e. The molecule has 2 unspecified atom stereocenters. The van der Waals surface area contributed by atoms with E-state index in [9.17, 15) is 4.39 Å². The van der Waals surface area contributed by atoms with Gasteiger partial charge in [0.15, 0.2) is 0 Å². The van der Waals surface area contributed by atoms with Crippen LogP contribution in [0.1, 0.15) is 60.6 Å². The first-order chi connectivity index (χ1) is 13.1. The lowest BCUT2D eigenvalue weighted by molar-refractivity contribution is 0.0563. The van der Waals surface area contributed by atoms with Gasteiger partial charge in [0.05, 0.1) is 0 Å². The van der Waals surface area contributed by atoms with Crippen LogP contribution in [0.5, 0.6) is 0 Å². The number of halogens is 3. The topological polar surface area (TPSA) is 16.4 Å². The molecular formula is C23H26F3NO. The maximum atomic E-state index is 15.0. The van der Waals surface area contributed by atoms with Gasteiger partial charge in [-0.3, -0.25) is 4.90 Å². The van der Waals surface area contributed by atoms with E-state index in [-0.39, 0.29) is 18.2 Å². The van der Waals surface area contributed by atoms with Crippen molar-refractivity contribution in [2.24, 2.45) is 0 Å². The van der Waals surface area contributed by atoms with Gasteiger partial charge in [0.2, 0.25) is 0 Å². The van der Waals surface area contributed by atoms with Gasteiger partial charge in [-0.1, -0.05) is 25.3 Å². The van der Waals surface area contributed by atoms with Crippen LogP contribution in [0.4, 0.5) is 13.2 Å². The molecule has 2 aromatic rings. The first-order valence-corrected chi connectivity index (χ1v) is 9.38. The van der Waals surface area contributed by atoms with Crippen LogP contribution in [0.3, 0.4) is 0 Å². The monoisotopic (exact) mass is 389 g/mol. The summed E-state index contributed by atoms with van der Waals surface area (Å²) in [6, 6.07) is 1.49. The molecule has 1 aliphatic rings. The fourth-order valence-electron chi connectivity index (χ4n) is 4.10. The Labute approximate surface area is 164 Å². The lowest BCUT2D eigenvalue weighted by Crippen LogP contribution is -2.48. The van der Waals surface area contributed by atoms with E-state index in [0.29, 0.717) is 23.5 Å². The molecule has 150 valence electrons. The highest BCUT2D eigenvalue weighted by atomic mass is 19.1. The third-order valence-corrected chi connectivity index (χ3v) is 5.28. The average molecular weight is 389 g/mol. The molecule has 0 fully saturated rings. The zero-order valence-electron chi connectivity index (χ0n) is 16.8. The molecule has 28 heavy (non-hydrogen) atoms. The lowest BCUT2D eigenvalue weighted by Gasteiger charge is -2.42. The zero-order valence-corrected chi connectivity index (χ0v) is 16.8. The van der Waals surface area contributed by atoms with E-state index in [1.807, 2.05) is 6.92 Å². The Morgan fingerprint density at radius 2 is 1.82 bits per heavy atom. The molecule has 2 heterocycles. The minimum Gasteiger partial charge on any atom is -0.463 e. The molecule has 0 bridgehead atoms. The second-order valence-corrected chi connectivity index (χ2v) is 8.07. The quantitative estimate of drug-likeness (QED) is 0.602. The third-order valence-electron chi connectivity index (χ3n) is 5.28. The Hall–Kier alpha value is -2.27. The Kier molecular flexibility index (Phi) is 5.32. The van der Waals surface area contributed by atoms with Crippen LogP contribution < -0.4 is 0 Å². The van der Waals surface area contributed by atoms with Gasteiger partial charge in [0, 0.05) is 29.3 Å². The van der Waals surface area contributed by atoms with Crippen molar-refractivity contribution in [1.82, 2.24) is 4.90 Å². The Bertz CT molecular complexity index is 900. The van der Waals surface area contributed by atoms with Crippen LogP contribution >= 0.6 is 0 Å². The number of alkyl halides is 1. The SMILES string of the molecule is C=Cc1cc(F)c(C2c3oc(C)c(C=C)c3CC(C)N2CC(C)(C)F)c(F)c1. The summed E-state index contributed by atoms with van der Waals surface area (Å²) in [4.78, 5) is 1.78. The van der Waals surface area contributed by atoms with Crippen molar-refractivity contribution < 1.29 is 17.6 Å². The summed E-state index contributed by atoms with van der Waals surface area (Å²) in [7, 11) is 0. The summed E-state index contributed by atoms with van der Waals surface area (Å²) in [6.45, 7) is 14.1. The smallest absolute Gasteiger partial charge is 0.131 e. The Morgan fingerprint density at radius 3 is 2.32 bits per heavy atom. The first kappa shape index (κ1) is 20.5. The summed E-state index contributed by atoms with van der Waals surface area (Å²) in [5.41, 5.74) is 0.398. The number of nitrogens with zero attached hydrogens (tertiary/aromatic N) is 1. The average Bonchev–Trinajstić information content (AvgIpc) is 2.90. The third kappa shape index (κ3) is 3.55. The minimum atomic E-state index is -1.54. The maximum absolute atomic E-state index is 15.0. The van der Waals surface area contributed by atoms with Gasteiger partial charge in [0.25, 0.3) is 0 Å². The summed E-state index contributed by atoms with van der Waals surface area (Å²) in [5, 5.41) is 0. The van der Waals surface area contributed by atoms with Crippen molar-refractivity contribution in [3.8, 4) is 0 Å². The van der Waals surface area contributed by atoms with Crippen molar-refractivity contribution in [2.75, 3.05) is 6.54 Å². The van der Waals surface area contributed by atoms with Crippen molar-refractivity contribution in [1.29, 1.82) is 0 Å². The number of benzene rings is 1. The van der Waals surface area contributed by atoms with Gasteiger partial charge in [-0.05, 0) is 51.8 Å². The Balaban J connectivity index is 2.27. The van der Waals surface area contributed by atoms with E-state index in [1.165, 1.54) is 32.1 Å². The van der Waals surface area contributed by atoms with E-state index in [2.05, 4.69) is 13.2 Å². The highest BCUT2D eigenvalue weighted by molar-refractivity contribution is 5.58. The van der Waals surface area contributed by atoms with Gasteiger partial charge in [-0.2, -0.15) is 0 Å². The normalized spacial score (nSPS) is 20.1. The predicted molar refractivity (Wildman–Crippen MR) is 107 cm³/mol. The van der Waals surface area contributed by atoms with Gasteiger partial charge in [-0.15, -0.1) is 0 Å². The number of fused-ring (bicyclic) bond motifs is 1.